The lowest BCUT2D eigenvalue weighted by Gasteiger charge is -2.42. The van der Waals surface area contributed by atoms with Gasteiger partial charge in [-0.3, -0.25) is 4.79 Å². The SMILES string of the molecule is CCOC(=O)CNC(=O)N1CC(CO)OC(C)(C)C1. The molecule has 0 aliphatic carbocycles. The monoisotopic (exact) mass is 274 g/mol. The summed E-state index contributed by atoms with van der Waals surface area (Å²) in [6.07, 6.45) is -0.405. The fraction of sp³-hybridized carbons (Fsp3) is 0.833. The smallest absolute Gasteiger partial charge is 0.325 e. The van der Waals surface area contributed by atoms with Crippen LogP contribution in [0.2, 0.25) is 0 Å². The molecule has 7 heteroatoms. The second-order valence-corrected chi connectivity index (χ2v) is 5.03. The maximum Gasteiger partial charge on any atom is 0.325 e. The molecule has 1 aliphatic rings. The lowest BCUT2D eigenvalue weighted by atomic mass is 10.1. The van der Waals surface area contributed by atoms with Gasteiger partial charge in [0.15, 0.2) is 0 Å². The summed E-state index contributed by atoms with van der Waals surface area (Å²) in [6.45, 7) is 6.08. The van der Waals surface area contributed by atoms with Crippen LogP contribution in [0.15, 0.2) is 0 Å². The Morgan fingerprint density at radius 2 is 2.21 bits per heavy atom. The number of aliphatic hydroxyl groups excluding tert-OH is 1. The van der Waals surface area contributed by atoms with E-state index in [-0.39, 0.29) is 25.8 Å². The first-order valence-electron chi connectivity index (χ1n) is 6.35. The summed E-state index contributed by atoms with van der Waals surface area (Å²) >= 11 is 0. The Bertz CT molecular complexity index is 332. The molecule has 2 amide bonds. The molecule has 0 radical (unpaired) electrons. The van der Waals surface area contributed by atoms with Gasteiger partial charge in [-0.2, -0.15) is 0 Å². The van der Waals surface area contributed by atoms with Crippen LogP contribution in [0.5, 0.6) is 0 Å². The average Bonchev–Trinajstić information content (AvgIpc) is 2.34. The minimum absolute atomic E-state index is 0.148. The van der Waals surface area contributed by atoms with Crippen LogP contribution < -0.4 is 5.32 Å². The number of amides is 2. The van der Waals surface area contributed by atoms with Crippen molar-refractivity contribution in [3.05, 3.63) is 0 Å². The topological polar surface area (TPSA) is 88.1 Å². The number of hydrogen-bond donors (Lipinski definition) is 2. The molecule has 2 N–H and O–H groups in total. The molecule has 0 saturated carbocycles. The zero-order chi connectivity index (χ0) is 14.5. The van der Waals surface area contributed by atoms with Crippen LogP contribution >= 0.6 is 0 Å². The van der Waals surface area contributed by atoms with Gasteiger partial charge in [0.05, 0.1) is 38.0 Å². The highest BCUT2D eigenvalue weighted by Crippen LogP contribution is 2.20. The van der Waals surface area contributed by atoms with E-state index < -0.39 is 17.7 Å². The molecule has 0 aromatic rings. The lowest BCUT2D eigenvalue weighted by Crippen LogP contribution is -2.58. The third-order valence-corrected chi connectivity index (χ3v) is 2.66. The van der Waals surface area contributed by atoms with Gasteiger partial charge in [-0.15, -0.1) is 0 Å². The highest BCUT2D eigenvalue weighted by molar-refractivity contribution is 5.81. The number of hydrogen-bond acceptors (Lipinski definition) is 5. The van der Waals surface area contributed by atoms with Gasteiger partial charge >= 0.3 is 12.0 Å². The first-order valence-corrected chi connectivity index (χ1v) is 6.35. The van der Waals surface area contributed by atoms with Gasteiger partial charge < -0.3 is 24.8 Å². The fourth-order valence-corrected chi connectivity index (χ4v) is 2.02. The van der Waals surface area contributed by atoms with Gasteiger partial charge in [-0.05, 0) is 20.8 Å². The van der Waals surface area contributed by atoms with Crippen LogP contribution in [-0.4, -0.2) is 66.6 Å². The zero-order valence-corrected chi connectivity index (χ0v) is 11.6. The van der Waals surface area contributed by atoms with Crippen LogP contribution in [0, 0.1) is 0 Å². The molecular weight excluding hydrogens is 252 g/mol. The maximum absolute atomic E-state index is 11.9. The van der Waals surface area contributed by atoms with Crippen molar-refractivity contribution in [3.63, 3.8) is 0 Å². The number of esters is 1. The summed E-state index contributed by atoms with van der Waals surface area (Å²) in [4.78, 5) is 24.6. The zero-order valence-electron chi connectivity index (χ0n) is 11.6. The Morgan fingerprint density at radius 1 is 1.53 bits per heavy atom. The predicted molar refractivity (Wildman–Crippen MR) is 67.6 cm³/mol. The number of carbonyl (C=O) groups is 2. The third-order valence-electron chi connectivity index (χ3n) is 2.66. The molecule has 19 heavy (non-hydrogen) atoms. The van der Waals surface area contributed by atoms with Crippen LogP contribution in [0.1, 0.15) is 20.8 Å². The normalized spacial score (nSPS) is 21.9. The standard InChI is InChI=1S/C12H22N2O5/c1-4-18-10(16)5-13-11(17)14-6-9(7-15)19-12(2,3)8-14/h9,15H,4-8H2,1-3H3,(H,13,17). The van der Waals surface area contributed by atoms with Crippen LogP contribution in [0.25, 0.3) is 0 Å². The minimum Gasteiger partial charge on any atom is -0.465 e. The van der Waals surface area contributed by atoms with Crippen molar-refractivity contribution in [1.29, 1.82) is 0 Å². The summed E-state index contributed by atoms with van der Waals surface area (Å²) in [5.41, 5.74) is -0.521. The Balaban J connectivity index is 2.49. The highest BCUT2D eigenvalue weighted by Gasteiger charge is 2.35. The first-order chi connectivity index (χ1) is 8.88. The summed E-state index contributed by atoms with van der Waals surface area (Å²) in [5.74, 6) is -0.470. The summed E-state index contributed by atoms with van der Waals surface area (Å²) in [6, 6.07) is -0.358. The molecule has 7 nitrogen and oxygen atoms in total. The van der Waals surface area contributed by atoms with E-state index in [1.165, 1.54) is 4.90 Å². The maximum atomic E-state index is 11.9. The number of aliphatic hydroxyl groups is 1. The fourth-order valence-electron chi connectivity index (χ4n) is 2.02. The molecule has 1 unspecified atom stereocenters. The van der Waals surface area contributed by atoms with E-state index in [9.17, 15) is 9.59 Å². The molecule has 0 bridgehead atoms. The van der Waals surface area contributed by atoms with Crippen molar-refractivity contribution >= 4 is 12.0 Å². The number of ether oxygens (including phenoxy) is 2. The number of nitrogens with zero attached hydrogens (tertiary/aromatic N) is 1. The predicted octanol–water partition coefficient (Wildman–Crippen LogP) is -0.269. The van der Waals surface area contributed by atoms with E-state index in [0.717, 1.165) is 0 Å². The summed E-state index contributed by atoms with van der Waals surface area (Å²) < 4.78 is 10.3. The van der Waals surface area contributed by atoms with Crippen molar-refractivity contribution < 1.29 is 24.2 Å². The Kier molecular flexibility index (Phi) is 5.56. The van der Waals surface area contributed by atoms with Gasteiger partial charge in [0.25, 0.3) is 0 Å². The molecule has 1 heterocycles. The van der Waals surface area contributed by atoms with E-state index in [1.54, 1.807) is 6.92 Å². The molecule has 1 aliphatic heterocycles. The van der Waals surface area contributed by atoms with Crippen molar-refractivity contribution in [2.75, 3.05) is 32.8 Å². The van der Waals surface area contributed by atoms with Gasteiger partial charge in [-0.1, -0.05) is 0 Å². The van der Waals surface area contributed by atoms with E-state index >= 15 is 0 Å². The minimum atomic E-state index is -0.521. The molecule has 1 atom stereocenters. The molecule has 1 rings (SSSR count). The van der Waals surface area contributed by atoms with E-state index in [0.29, 0.717) is 13.1 Å². The third kappa shape index (κ3) is 5.04. The second-order valence-electron chi connectivity index (χ2n) is 5.03. The molecule has 0 aromatic heterocycles. The van der Waals surface area contributed by atoms with Crippen LogP contribution in [0.3, 0.4) is 0 Å². The molecular formula is C12H22N2O5. The number of morpholine rings is 1. The number of rotatable bonds is 4. The number of urea groups is 1. The highest BCUT2D eigenvalue weighted by atomic mass is 16.5. The molecule has 0 aromatic carbocycles. The van der Waals surface area contributed by atoms with Crippen LogP contribution in [0.4, 0.5) is 4.79 Å². The molecule has 110 valence electrons. The van der Waals surface area contributed by atoms with Crippen LogP contribution in [-0.2, 0) is 14.3 Å². The van der Waals surface area contributed by atoms with E-state index in [2.05, 4.69) is 5.32 Å². The first kappa shape index (κ1) is 15.7. The van der Waals surface area contributed by atoms with Crippen molar-refractivity contribution in [1.82, 2.24) is 10.2 Å². The van der Waals surface area contributed by atoms with Gasteiger partial charge in [0.1, 0.15) is 6.54 Å². The largest absolute Gasteiger partial charge is 0.465 e. The van der Waals surface area contributed by atoms with Gasteiger partial charge in [0.2, 0.25) is 0 Å². The Labute approximate surface area is 112 Å². The van der Waals surface area contributed by atoms with Crippen molar-refractivity contribution in [2.24, 2.45) is 0 Å². The van der Waals surface area contributed by atoms with Crippen molar-refractivity contribution in [3.8, 4) is 0 Å². The van der Waals surface area contributed by atoms with Gasteiger partial charge in [-0.25, -0.2) is 4.79 Å². The Morgan fingerprint density at radius 3 is 2.79 bits per heavy atom. The molecule has 1 saturated heterocycles. The number of carbonyl (C=O) groups excluding carboxylic acids is 2. The van der Waals surface area contributed by atoms with Gasteiger partial charge in [0, 0.05) is 0 Å². The quantitative estimate of drug-likeness (QED) is 0.689. The summed E-state index contributed by atoms with van der Waals surface area (Å²) in [5, 5.41) is 11.6. The lowest BCUT2D eigenvalue weighted by molar-refractivity contribution is -0.142. The molecule has 1 fully saturated rings. The Hall–Kier alpha value is -1.34. The van der Waals surface area contributed by atoms with E-state index in [4.69, 9.17) is 14.6 Å². The number of nitrogens with one attached hydrogen (secondary N) is 1. The molecule has 0 spiro atoms. The summed E-state index contributed by atoms with van der Waals surface area (Å²) in [7, 11) is 0. The second kappa shape index (κ2) is 6.72. The average molecular weight is 274 g/mol. The van der Waals surface area contributed by atoms with E-state index in [1.807, 2.05) is 13.8 Å². The van der Waals surface area contributed by atoms with Crippen molar-refractivity contribution in [2.45, 2.75) is 32.5 Å².